The first kappa shape index (κ1) is 13.5. The Morgan fingerprint density at radius 3 is 2.86 bits per heavy atom. The van der Waals surface area contributed by atoms with Crippen LogP contribution >= 0.6 is 0 Å². The number of hydrogen-bond acceptors (Lipinski definition) is 6. The van der Waals surface area contributed by atoms with Gasteiger partial charge in [-0.3, -0.25) is 15.2 Å². The molecule has 0 saturated carbocycles. The molecule has 8 heteroatoms. The van der Waals surface area contributed by atoms with Crippen molar-refractivity contribution in [2.24, 2.45) is 5.73 Å². The molecule has 8 nitrogen and oxygen atoms in total. The van der Waals surface area contributed by atoms with E-state index in [1.165, 1.54) is 12.1 Å². The molecular formula is C13H16N6O2. The molecular weight excluding hydrogens is 272 g/mol. The molecule has 3 N–H and O–H groups in total. The smallest absolute Gasteiger partial charge is 0.270 e. The molecule has 1 aliphatic heterocycles. The number of nitrogens with one attached hydrogen (secondary N) is 1. The van der Waals surface area contributed by atoms with E-state index in [0.29, 0.717) is 17.3 Å². The molecule has 110 valence electrons. The molecule has 1 fully saturated rings. The SMILES string of the molecule is NC1CCN(c2n[nH]c(-c3cccc([N+](=O)[O-])c3)n2)CC1. The normalized spacial score (nSPS) is 16.1. The highest BCUT2D eigenvalue weighted by atomic mass is 16.6. The third-order valence-corrected chi connectivity index (χ3v) is 3.63. The van der Waals surface area contributed by atoms with Gasteiger partial charge in [0, 0.05) is 36.8 Å². The molecule has 2 aromatic rings. The Bertz CT molecular complexity index is 648. The third-order valence-electron chi connectivity index (χ3n) is 3.63. The lowest BCUT2D eigenvalue weighted by atomic mass is 10.1. The maximum absolute atomic E-state index is 10.8. The molecule has 0 radical (unpaired) electrons. The highest BCUT2D eigenvalue weighted by molar-refractivity contribution is 5.60. The molecule has 2 heterocycles. The van der Waals surface area contributed by atoms with E-state index in [1.54, 1.807) is 12.1 Å². The summed E-state index contributed by atoms with van der Waals surface area (Å²) in [6.45, 7) is 1.65. The molecule has 0 amide bonds. The maximum Gasteiger partial charge on any atom is 0.270 e. The van der Waals surface area contributed by atoms with Gasteiger partial charge in [0.1, 0.15) is 0 Å². The predicted octanol–water partition coefficient (Wildman–Crippen LogP) is 1.31. The number of aromatic nitrogens is 3. The van der Waals surface area contributed by atoms with E-state index in [9.17, 15) is 10.1 Å². The average Bonchev–Trinajstić information content (AvgIpc) is 2.98. The molecule has 0 unspecified atom stereocenters. The molecule has 1 aromatic carbocycles. The number of nitrogens with two attached hydrogens (primary N) is 1. The molecule has 21 heavy (non-hydrogen) atoms. The summed E-state index contributed by atoms with van der Waals surface area (Å²) in [5.74, 6) is 1.15. The first-order chi connectivity index (χ1) is 10.1. The Balaban J connectivity index is 1.81. The van der Waals surface area contributed by atoms with E-state index in [-0.39, 0.29) is 11.7 Å². The van der Waals surface area contributed by atoms with Crippen molar-refractivity contribution >= 4 is 11.6 Å². The van der Waals surface area contributed by atoms with Crippen LogP contribution in [0.5, 0.6) is 0 Å². The Hall–Kier alpha value is -2.48. The number of nitrogens with zero attached hydrogens (tertiary/aromatic N) is 4. The van der Waals surface area contributed by atoms with E-state index >= 15 is 0 Å². The third kappa shape index (κ3) is 2.84. The highest BCUT2D eigenvalue weighted by Gasteiger charge is 2.20. The van der Waals surface area contributed by atoms with Crippen molar-refractivity contribution in [3.63, 3.8) is 0 Å². The number of nitro benzene ring substituents is 1. The summed E-state index contributed by atoms with van der Waals surface area (Å²) in [6.07, 6.45) is 1.83. The lowest BCUT2D eigenvalue weighted by Gasteiger charge is -2.28. The highest BCUT2D eigenvalue weighted by Crippen LogP contribution is 2.23. The van der Waals surface area contributed by atoms with Crippen LogP contribution in [-0.4, -0.2) is 39.2 Å². The maximum atomic E-state index is 10.8. The van der Waals surface area contributed by atoms with Crippen LogP contribution < -0.4 is 10.6 Å². The number of hydrogen-bond donors (Lipinski definition) is 2. The second-order valence-electron chi connectivity index (χ2n) is 5.12. The zero-order valence-electron chi connectivity index (χ0n) is 11.4. The van der Waals surface area contributed by atoms with Crippen molar-refractivity contribution in [1.82, 2.24) is 15.2 Å². The number of non-ortho nitro benzene ring substituents is 1. The summed E-state index contributed by atoms with van der Waals surface area (Å²) in [4.78, 5) is 16.9. The second kappa shape index (κ2) is 5.49. The minimum Gasteiger partial charge on any atom is -0.339 e. The monoisotopic (exact) mass is 288 g/mol. The van der Waals surface area contributed by atoms with Crippen molar-refractivity contribution in [2.75, 3.05) is 18.0 Å². The predicted molar refractivity (Wildman–Crippen MR) is 77.9 cm³/mol. The van der Waals surface area contributed by atoms with Gasteiger partial charge < -0.3 is 10.6 Å². The van der Waals surface area contributed by atoms with Gasteiger partial charge in [-0.25, -0.2) is 0 Å². The van der Waals surface area contributed by atoms with Crippen molar-refractivity contribution in [1.29, 1.82) is 0 Å². The average molecular weight is 288 g/mol. The van der Waals surface area contributed by atoms with Gasteiger partial charge in [0.2, 0.25) is 5.95 Å². The molecule has 0 aliphatic carbocycles. The fourth-order valence-electron chi connectivity index (χ4n) is 2.39. The van der Waals surface area contributed by atoms with Gasteiger partial charge in [-0.1, -0.05) is 12.1 Å². The lowest BCUT2D eigenvalue weighted by Crippen LogP contribution is -2.40. The van der Waals surface area contributed by atoms with Crippen LogP contribution in [-0.2, 0) is 0 Å². The van der Waals surface area contributed by atoms with Gasteiger partial charge in [0.25, 0.3) is 5.69 Å². The molecule has 0 spiro atoms. The summed E-state index contributed by atoms with van der Waals surface area (Å²) in [5, 5.41) is 17.8. The summed E-state index contributed by atoms with van der Waals surface area (Å²) < 4.78 is 0. The van der Waals surface area contributed by atoms with E-state index in [1.807, 2.05) is 0 Å². The van der Waals surface area contributed by atoms with Crippen LogP contribution in [0.1, 0.15) is 12.8 Å². The van der Waals surface area contributed by atoms with Gasteiger partial charge in [-0.05, 0) is 12.8 Å². The fraction of sp³-hybridized carbons (Fsp3) is 0.385. The first-order valence-electron chi connectivity index (χ1n) is 6.81. The summed E-state index contributed by atoms with van der Waals surface area (Å²) in [7, 11) is 0. The Morgan fingerprint density at radius 1 is 1.38 bits per heavy atom. The van der Waals surface area contributed by atoms with Crippen LogP contribution in [0, 0.1) is 10.1 Å². The van der Waals surface area contributed by atoms with Gasteiger partial charge in [-0.15, -0.1) is 5.10 Å². The lowest BCUT2D eigenvalue weighted by molar-refractivity contribution is -0.384. The summed E-state index contributed by atoms with van der Waals surface area (Å²) in [6, 6.07) is 6.58. The van der Waals surface area contributed by atoms with E-state index < -0.39 is 4.92 Å². The second-order valence-corrected chi connectivity index (χ2v) is 5.12. The van der Waals surface area contributed by atoms with Crippen LogP contribution in [0.25, 0.3) is 11.4 Å². The van der Waals surface area contributed by atoms with Gasteiger partial charge >= 0.3 is 0 Å². The van der Waals surface area contributed by atoms with Crippen LogP contribution in [0.4, 0.5) is 11.6 Å². The van der Waals surface area contributed by atoms with E-state index in [0.717, 1.165) is 25.9 Å². The molecule has 1 aromatic heterocycles. The number of H-pyrrole nitrogens is 1. The van der Waals surface area contributed by atoms with E-state index in [2.05, 4.69) is 20.1 Å². The quantitative estimate of drug-likeness (QED) is 0.650. The van der Waals surface area contributed by atoms with Crippen LogP contribution in [0.2, 0.25) is 0 Å². The minimum absolute atomic E-state index is 0.0365. The molecule has 3 rings (SSSR count). The number of anilines is 1. The van der Waals surface area contributed by atoms with Crippen LogP contribution in [0.3, 0.4) is 0 Å². The van der Waals surface area contributed by atoms with Crippen molar-refractivity contribution in [3.05, 3.63) is 34.4 Å². The summed E-state index contributed by atoms with van der Waals surface area (Å²) in [5.41, 5.74) is 6.56. The van der Waals surface area contributed by atoms with Gasteiger partial charge in [-0.2, -0.15) is 4.98 Å². The molecule has 1 aliphatic rings. The Kier molecular flexibility index (Phi) is 3.53. The Morgan fingerprint density at radius 2 is 2.14 bits per heavy atom. The van der Waals surface area contributed by atoms with Crippen molar-refractivity contribution in [2.45, 2.75) is 18.9 Å². The number of piperidine rings is 1. The number of nitro groups is 1. The first-order valence-corrected chi connectivity index (χ1v) is 6.81. The van der Waals surface area contributed by atoms with Crippen molar-refractivity contribution in [3.8, 4) is 11.4 Å². The van der Waals surface area contributed by atoms with Crippen molar-refractivity contribution < 1.29 is 4.92 Å². The minimum atomic E-state index is -0.424. The fourth-order valence-corrected chi connectivity index (χ4v) is 2.39. The van der Waals surface area contributed by atoms with Crippen LogP contribution in [0.15, 0.2) is 24.3 Å². The molecule has 1 saturated heterocycles. The Labute approximate surface area is 121 Å². The zero-order chi connectivity index (χ0) is 14.8. The van der Waals surface area contributed by atoms with Gasteiger partial charge in [0.15, 0.2) is 5.82 Å². The molecule has 0 bridgehead atoms. The number of benzene rings is 1. The number of rotatable bonds is 3. The largest absolute Gasteiger partial charge is 0.339 e. The zero-order valence-corrected chi connectivity index (χ0v) is 11.4. The van der Waals surface area contributed by atoms with Gasteiger partial charge in [0.05, 0.1) is 4.92 Å². The van der Waals surface area contributed by atoms with E-state index in [4.69, 9.17) is 5.73 Å². The molecule has 0 atom stereocenters. The summed E-state index contributed by atoms with van der Waals surface area (Å²) >= 11 is 0. The topological polar surface area (TPSA) is 114 Å². The standard InChI is InChI=1S/C13H16N6O2/c14-10-4-6-18(7-5-10)13-15-12(16-17-13)9-2-1-3-11(8-9)19(20)21/h1-3,8,10H,4-7,14H2,(H,15,16,17). The number of aromatic amines is 1.